The van der Waals surface area contributed by atoms with E-state index in [-0.39, 0.29) is 6.04 Å². The van der Waals surface area contributed by atoms with Gasteiger partial charge >= 0.3 is 0 Å². The molecule has 0 aliphatic rings. The number of halogens is 2. The first kappa shape index (κ1) is 15.5. The first-order chi connectivity index (χ1) is 9.55. The number of benzene rings is 1. The Balaban J connectivity index is 2.26. The van der Waals surface area contributed by atoms with Gasteiger partial charge in [-0.3, -0.25) is 0 Å². The van der Waals surface area contributed by atoms with Crippen molar-refractivity contribution < 1.29 is 9.47 Å². The maximum atomic E-state index is 6.17. The summed E-state index contributed by atoms with van der Waals surface area (Å²) < 4.78 is 11.7. The van der Waals surface area contributed by atoms with Crippen LogP contribution in [-0.4, -0.2) is 14.2 Å². The Morgan fingerprint density at radius 1 is 1.20 bits per heavy atom. The van der Waals surface area contributed by atoms with Gasteiger partial charge in [0.1, 0.15) is 11.5 Å². The number of hydrogen-bond donors (Lipinski definition) is 1. The first-order valence-electron chi connectivity index (χ1n) is 5.97. The standard InChI is InChI=1S/C14H15BrClNO2S/c1-8(14-4-9(15)7-20-14)17-11-5-10(16)12(18-2)6-13(11)19-3/h4-8,17H,1-3H3. The van der Waals surface area contributed by atoms with Crippen LogP contribution in [0.1, 0.15) is 17.8 Å². The molecular weight excluding hydrogens is 362 g/mol. The average Bonchev–Trinajstić information content (AvgIpc) is 2.86. The summed E-state index contributed by atoms with van der Waals surface area (Å²) in [7, 11) is 3.21. The largest absolute Gasteiger partial charge is 0.495 e. The van der Waals surface area contributed by atoms with Gasteiger partial charge in [0, 0.05) is 20.8 Å². The fraction of sp³-hybridized carbons (Fsp3) is 0.286. The lowest BCUT2D eigenvalue weighted by Gasteiger charge is -2.18. The molecular formula is C14H15BrClNO2S. The van der Waals surface area contributed by atoms with Crippen molar-refractivity contribution in [3.05, 3.63) is 38.0 Å². The van der Waals surface area contributed by atoms with Crippen LogP contribution in [0.5, 0.6) is 11.5 Å². The molecule has 0 saturated carbocycles. The Morgan fingerprint density at radius 2 is 1.90 bits per heavy atom. The van der Waals surface area contributed by atoms with Gasteiger partial charge in [-0.25, -0.2) is 0 Å². The Labute approximate surface area is 136 Å². The van der Waals surface area contributed by atoms with Gasteiger partial charge in [0.15, 0.2) is 0 Å². The van der Waals surface area contributed by atoms with E-state index in [1.165, 1.54) is 4.88 Å². The zero-order valence-electron chi connectivity index (χ0n) is 11.4. The van der Waals surface area contributed by atoms with Crippen LogP contribution in [0.15, 0.2) is 28.1 Å². The molecule has 1 N–H and O–H groups in total. The van der Waals surface area contributed by atoms with Gasteiger partial charge in [-0.2, -0.15) is 0 Å². The maximum absolute atomic E-state index is 6.17. The molecule has 1 atom stereocenters. The third kappa shape index (κ3) is 3.40. The van der Waals surface area contributed by atoms with Crippen molar-refractivity contribution in [2.45, 2.75) is 13.0 Å². The molecule has 0 aliphatic carbocycles. The van der Waals surface area contributed by atoms with E-state index >= 15 is 0 Å². The van der Waals surface area contributed by atoms with Crippen molar-refractivity contribution in [3.63, 3.8) is 0 Å². The molecule has 1 unspecified atom stereocenters. The minimum Gasteiger partial charge on any atom is -0.495 e. The van der Waals surface area contributed by atoms with Gasteiger partial charge in [0.25, 0.3) is 0 Å². The molecule has 0 amide bonds. The van der Waals surface area contributed by atoms with Crippen LogP contribution in [0.2, 0.25) is 5.02 Å². The Morgan fingerprint density at radius 3 is 2.45 bits per heavy atom. The number of nitrogens with one attached hydrogen (secondary N) is 1. The minimum atomic E-state index is 0.157. The van der Waals surface area contributed by atoms with Gasteiger partial charge in [-0.05, 0) is 35.0 Å². The van der Waals surface area contributed by atoms with Gasteiger partial charge in [0.2, 0.25) is 0 Å². The Hall–Kier alpha value is -0.910. The highest BCUT2D eigenvalue weighted by Crippen LogP contribution is 2.38. The number of hydrogen-bond acceptors (Lipinski definition) is 4. The molecule has 20 heavy (non-hydrogen) atoms. The monoisotopic (exact) mass is 375 g/mol. The van der Waals surface area contributed by atoms with Crippen molar-refractivity contribution >= 4 is 44.6 Å². The molecule has 0 spiro atoms. The highest BCUT2D eigenvalue weighted by Gasteiger charge is 2.14. The first-order valence-corrected chi connectivity index (χ1v) is 8.02. The van der Waals surface area contributed by atoms with Crippen molar-refractivity contribution in [2.75, 3.05) is 19.5 Å². The van der Waals surface area contributed by atoms with Crippen LogP contribution < -0.4 is 14.8 Å². The maximum Gasteiger partial charge on any atom is 0.145 e. The molecule has 0 fully saturated rings. The van der Waals surface area contributed by atoms with Crippen molar-refractivity contribution in [1.29, 1.82) is 0 Å². The second kappa shape index (κ2) is 6.70. The smallest absolute Gasteiger partial charge is 0.145 e. The van der Waals surface area contributed by atoms with Crippen LogP contribution in [-0.2, 0) is 0 Å². The predicted octanol–water partition coefficient (Wildman–Crippen LogP) is 5.35. The lowest BCUT2D eigenvalue weighted by atomic mass is 10.2. The molecule has 2 rings (SSSR count). The van der Waals surface area contributed by atoms with Crippen LogP contribution in [0, 0.1) is 0 Å². The lowest BCUT2D eigenvalue weighted by molar-refractivity contribution is 0.395. The highest BCUT2D eigenvalue weighted by molar-refractivity contribution is 9.10. The highest BCUT2D eigenvalue weighted by atomic mass is 79.9. The Bertz CT molecular complexity index is 603. The molecule has 2 aromatic rings. The number of rotatable bonds is 5. The van der Waals surface area contributed by atoms with E-state index in [0.29, 0.717) is 16.5 Å². The number of anilines is 1. The topological polar surface area (TPSA) is 30.5 Å². The Kier molecular flexibility index (Phi) is 5.18. The fourth-order valence-electron chi connectivity index (χ4n) is 1.83. The van der Waals surface area contributed by atoms with E-state index in [4.69, 9.17) is 21.1 Å². The molecule has 0 bridgehead atoms. The van der Waals surface area contributed by atoms with E-state index in [2.05, 4.69) is 39.6 Å². The zero-order valence-corrected chi connectivity index (χ0v) is 14.5. The van der Waals surface area contributed by atoms with Gasteiger partial charge in [0.05, 0.1) is 31.0 Å². The van der Waals surface area contributed by atoms with Crippen LogP contribution in [0.3, 0.4) is 0 Å². The van der Waals surface area contributed by atoms with Crippen molar-refractivity contribution in [1.82, 2.24) is 0 Å². The van der Waals surface area contributed by atoms with Gasteiger partial charge in [-0.15, -0.1) is 11.3 Å². The lowest BCUT2D eigenvalue weighted by Crippen LogP contribution is -2.06. The van der Waals surface area contributed by atoms with Crippen LogP contribution in [0.25, 0.3) is 0 Å². The predicted molar refractivity (Wildman–Crippen MR) is 88.6 cm³/mol. The molecule has 0 aliphatic heterocycles. The van der Waals surface area contributed by atoms with E-state index in [1.807, 2.05) is 6.07 Å². The molecule has 108 valence electrons. The third-order valence-corrected chi connectivity index (χ3v) is 5.03. The molecule has 6 heteroatoms. The summed E-state index contributed by atoms with van der Waals surface area (Å²) in [6.45, 7) is 2.09. The third-order valence-electron chi connectivity index (χ3n) is 2.86. The average molecular weight is 377 g/mol. The van der Waals surface area contributed by atoms with Gasteiger partial charge < -0.3 is 14.8 Å². The zero-order chi connectivity index (χ0) is 14.7. The summed E-state index contributed by atoms with van der Waals surface area (Å²) in [6, 6.07) is 5.85. The van der Waals surface area contributed by atoms with Crippen molar-refractivity contribution in [3.8, 4) is 11.5 Å². The number of ether oxygens (including phenoxy) is 2. The number of methoxy groups -OCH3 is 2. The summed E-state index contributed by atoms with van der Waals surface area (Å²) in [6.07, 6.45) is 0. The van der Waals surface area contributed by atoms with Crippen LogP contribution >= 0.6 is 38.9 Å². The SMILES string of the molecule is COc1cc(OC)c(NC(C)c2cc(Br)cs2)cc1Cl. The summed E-state index contributed by atoms with van der Waals surface area (Å²) in [5.74, 6) is 1.30. The quantitative estimate of drug-likeness (QED) is 0.762. The summed E-state index contributed by atoms with van der Waals surface area (Å²) >= 11 is 11.3. The summed E-state index contributed by atoms with van der Waals surface area (Å²) in [5.41, 5.74) is 0.843. The summed E-state index contributed by atoms with van der Waals surface area (Å²) in [4.78, 5) is 1.23. The van der Waals surface area contributed by atoms with E-state index in [1.54, 1.807) is 31.6 Å². The number of thiophene rings is 1. The van der Waals surface area contributed by atoms with Gasteiger partial charge in [-0.1, -0.05) is 11.6 Å². The molecule has 1 aromatic carbocycles. The molecule has 1 heterocycles. The second-order valence-corrected chi connectivity index (χ2v) is 6.49. The fourth-order valence-corrected chi connectivity index (χ4v) is 3.53. The van der Waals surface area contributed by atoms with E-state index < -0.39 is 0 Å². The summed E-state index contributed by atoms with van der Waals surface area (Å²) in [5, 5.41) is 6.02. The molecule has 3 nitrogen and oxygen atoms in total. The molecule has 1 aromatic heterocycles. The van der Waals surface area contributed by atoms with Crippen LogP contribution in [0.4, 0.5) is 5.69 Å². The molecule has 0 radical (unpaired) electrons. The van der Waals surface area contributed by atoms with E-state index in [0.717, 1.165) is 10.2 Å². The van der Waals surface area contributed by atoms with Crippen molar-refractivity contribution in [2.24, 2.45) is 0 Å². The van der Waals surface area contributed by atoms with E-state index in [9.17, 15) is 0 Å². The minimum absolute atomic E-state index is 0.157. The second-order valence-electron chi connectivity index (χ2n) is 4.22. The molecule has 0 saturated heterocycles. The normalized spacial score (nSPS) is 12.1.